The van der Waals surface area contributed by atoms with Gasteiger partial charge < -0.3 is 5.32 Å². The van der Waals surface area contributed by atoms with Gasteiger partial charge >= 0.3 is 6.18 Å². The largest absolute Gasteiger partial charge is 0.417 e. The van der Waals surface area contributed by atoms with Gasteiger partial charge in [-0.2, -0.15) is 13.2 Å². The van der Waals surface area contributed by atoms with Crippen LogP contribution in [0.3, 0.4) is 0 Å². The second kappa shape index (κ2) is 7.66. The zero-order chi connectivity index (χ0) is 20.7. The molecule has 0 atom stereocenters. The average molecular weight is 498 g/mol. The molecule has 0 aliphatic heterocycles. The van der Waals surface area contributed by atoms with Crippen molar-refractivity contribution in [2.75, 3.05) is 5.32 Å². The van der Waals surface area contributed by atoms with Crippen LogP contribution in [0.5, 0.6) is 0 Å². The van der Waals surface area contributed by atoms with Gasteiger partial charge in [-0.3, -0.25) is 4.79 Å². The number of hydrogen-bond donors (Lipinski definition) is 2. The molecule has 28 heavy (non-hydrogen) atoms. The third kappa shape index (κ3) is 4.86. The fraction of sp³-hybridized carbons (Fsp3) is 0.235. The predicted molar refractivity (Wildman–Crippen MR) is 102 cm³/mol. The zero-order valence-electron chi connectivity index (χ0n) is 14.0. The van der Waals surface area contributed by atoms with Crippen LogP contribution in [-0.2, 0) is 16.2 Å². The van der Waals surface area contributed by atoms with Crippen molar-refractivity contribution in [3.8, 4) is 0 Å². The van der Waals surface area contributed by atoms with Crippen molar-refractivity contribution in [2.45, 2.75) is 30.0 Å². The highest BCUT2D eigenvalue weighted by Gasteiger charge is 2.33. The first-order chi connectivity index (χ1) is 13.0. The number of carbonyl (C=O) groups excluding carboxylic acids is 1. The van der Waals surface area contributed by atoms with E-state index in [1.54, 1.807) is 0 Å². The summed E-state index contributed by atoms with van der Waals surface area (Å²) in [6.45, 7) is 0. The number of amides is 1. The van der Waals surface area contributed by atoms with Crippen molar-refractivity contribution in [3.05, 3.63) is 57.0 Å². The van der Waals surface area contributed by atoms with Gasteiger partial charge in [-0.1, -0.05) is 27.5 Å². The van der Waals surface area contributed by atoms with Gasteiger partial charge in [0.25, 0.3) is 5.91 Å². The van der Waals surface area contributed by atoms with E-state index in [9.17, 15) is 26.4 Å². The molecule has 1 aliphatic rings. The average Bonchev–Trinajstić information content (AvgIpc) is 3.39. The molecule has 2 aromatic carbocycles. The molecule has 150 valence electrons. The fourth-order valence-corrected chi connectivity index (χ4v) is 4.66. The maximum absolute atomic E-state index is 13.0. The van der Waals surface area contributed by atoms with E-state index in [0.29, 0.717) is 0 Å². The molecule has 1 aliphatic carbocycles. The van der Waals surface area contributed by atoms with Crippen molar-refractivity contribution in [1.29, 1.82) is 0 Å². The lowest BCUT2D eigenvalue weighted by Crippen LogP contribution is -2.26. The van der Waals surface area contributed by atoms with Crippen molar-refractivity contribution in [1.82, 2.24) is 4.72 Å². The smallest absolute Gasteiger partial charge is 0.322 e. The van der Waals surface area contributed by atoms with E-state index in [-0.39, 0.29) is 31.7 Å². The Balaban J connectivity index is 1.86. The molecule has 3 rings (SSSR count). The van der Waals surface area contributed by atoms with Gasteiger partial charge in [0.15, 0.2) is 0 Å². The van der Waals surface area contributed by atoms with Crippen molar-refractivity contribution >= 4 is 49.1 Å². The SMILES string of the molecule is O=C(Nc1ccc(Br)c(C(F)(F)F)c1)c1ccc(Cl)c(S(=O)(=O)NC2CC2)c1. The van der Waals surface area contributed by atoms with Crippen molar-refractivity contribution in [2.24, 2.45) is 0 Å². The maximum atomic E-state index is 13.0. The molecule has 0 unspecified atom stereocenters. The maximum Gasteiger partial charge on any atom is 0.417 e. The van der Waals surface area contributed by atoms with E-state index in [4.69, 9.17) is 11.6 Å². The van der Waals surface area contributed by atoms with Gasteiger partial charge in [0.2, 0.25) is 10.0 Å². The minimum Gasteiger partial charge on any atom is -0.322 e. The molecule has 1 fully saturated rings. The Morgan fingerprint density at radius 3 is 2.43 bits per heavy atom. The number of benzene rings is 2. The van der Waals surface area contributed by atoms with Gasteiger partial charge in [-0.05, 0) is 49.2 Å². The molecule has 0 aromatic heterocycles. The first-order valence-corrected chi connectivity index (χ1v) is 10.6. The number of hydrogen-bond acceptors (Lipinski definition) is 3. The molecule has 2 N–H and O–H groups in total. The number of carbonyl (C=O) groups is 1. The van der Waals surface area contributed by atoms with Crippen LogP contribution in [0.25, 0.3) is 0 Å². The Morgan fingerprint density at radius 1 is 1.14 bits per heavy atom. The Labute approximate surface area is 172 Å². The summed E-state index contributed by atoms with van der Waals surface area (Å²) in [6, 6.07) is 6.71. The summed E-state index contributed by atoms with van der Waals surface area (Å²) < 4.78 is 66.0. The summed E-state index contributed by atoms with van der Waals surface area (Å²) in [5.74, 6) is -0.769. The molecule has 0 saturated heterocycles. The number of alkyl halides is 3. The fourth-order valence-electron chi connectivity index (χ4n) is 2.36. The highest BCUT2D eigenvalue weighted by Crippen LogP contribution is 2.36. The minimum atomic E-state index is -4.60. The molecule has 2 aromatic rings. The van der Waals surface area contributed by atoms with Gasteiger partial charge in [-0.25, -0.2) is 13.1 Å². The second-order valence-corrected chi connectivity index (χ2v) is 9.13. The van der Waals surface area contributed by atoms with Crippen LogP contribution < -0.4 is 10.0 Å². The minimum absolute atomic E-state index is 0.0583. The summed E-state index contributed by atoms with van der Waals surface area (Å²) >= 11 is 8.78. The van der Waals surface area contributed by atoms with Crippen molar-refractivity contribution < 1.29 is 26.4 Å². The monoisotopic (exact) mass is 496 g/mol. The second-order valence-electron chi connectivity index (χ2n) is 6.19. The first-order valence-electron chi connectivity index (χ1n) is 7.97. The summed E-state index contributed by atoms with van der Waals surface area (Å²) in [5, 5.41) is 2.27. The predicted octanol–water partition coefficient (Wildman–Crippen LogP) is 4.81. The van der Waals surface area contributed by atoms with Crippen LogP contribution in [-0.4, -0.2) is 20.4 Å². The molecule has 0 bridgehead atoms. The number of halogens is 5. The van der Waals surface area contributed by atoms with Crippen LogP contribution >= 0.6 is 27.5 Å². The molecule has 0 spiro atoms. The summed E-state index contributed by atoms with van der Waals surface area (Å²) in [5.41, 5.74) is -1.09. The number of rotatable bonds is 5. The quantitative estimate of drug-likeness (QED) is 0.622. The molecule has 11 heteroatoms. The van der Waals surface area contributed by atoms with E-state index < -0.39 is 27.7 Å². The van der Waals surface area contributed by atoms with E-state index >= 15 is 0 Å². The topological polar surface area (TPSA) is 75.3 Å². The number of nitrogens with one attached hydrogen (secondary N) is 2. The Hall–Kier alpha value is -1.62. The summed E-state index contributed by atoms with van der Waals surface area (Å²) in [4.78, 5) is 12.2. The Kier molecular flexibility index (Phi) is 5.77. The van der Waals surface area contributed by atoms with E-state index in [2.05, 4.69) is 26.0 Å². The summed E-state index contributed by atoms with van der Waals surface area (Å²) in [6.07, 6.45) is -3.15. The zero-order valence-corrected chi connectivity index (χ0v) is 17.1. The van der Waals surface area contributed by atoms with Crippen LogP contribution in [0.15, 0.2) is 45.8 Å². The van der Waals surface area contributed by atoms with E-state index in [0.717, 1.165) is 31.0 Å². The van der Waals surface area contributed by atoms with E-state index in [1.807, 2.05) is 0 Å². The molecular weight excluding hydrogens is 485 g/mol. The first kappa shape index (κ1) is 21.1. The third-order valence-electron chi connectivity index (χ3n) is 3.91. The van der Waals surface area contributed by atoms with Crippen LogP contribution in [0, 0.1) is 0 Å². The summed E-state index contributed by atoms with van der Waals surface area (Å²) in [7, 11) is -3.91. The van der Waals surface area contributed by atoms with E-state index in [1.165, 1.54) is 18.2 Å². The van der Waals surface area contributed by atoms with Gasteiger partial charge in [0, 0.05) is 21.8 Å². The van der Waals surface area contributed by atoms with Crippen LogP contribution in [0.1, 0.15) is 28.8 Å². The molecule has 5 nitrogen and oxygen atoms in total. The lowest BCUT2D eigenvalue weighted by molar-refractivity contribution is -0.138. The molecular formula is C17H13BrClF3N2O3S. The van der Waals surface area contributed by atoms with Gasteiger partial charge in [0.05, 0.1) is 10.6 Å². The molecule has 1 amide bonds. The highest BCUT2D eigenvalue weighted by atomic mass is 79.9. The lowest BCUT2D eigenvalue weighted by Gasteiger charge is -2.13. The Bertz CT molecular complexity index is 1040. The molecule has 0 radical (unpaired) electrons. The van der Waals surface area contributed by atoms with Gasteiger partial charge in [0.1, 0.15) is 4.90 Å². The highest BCUT2D eigenvalue weighted by molar-refractivity contribution is 9.10. The molecule has 1 saturated carbocycles. The van der Waals surface area contributed by atoms with Crippen LogP contribution in [0.2, 0.25) is 5.02 Å². The normalized spacial score (nSPS) is 14.8. The number of sulfonamides is 1. The number of anilines is 1. The standard InChI is InChI=1S/C17H13BrClF3N2O3S/c18-13-5-4-11(8-12(13)17(20,21)22)23-16(25)9-1-6-14(19)15(7-9)28(26,27)24-10-2-3-10/h1,4-8,10,24H,2-3H2,(H,23,25). The van der Waals surface area contributed by atoms with Gasteiger partial charge in [-0.15, -0.1) is 0 Å². The molecule has 0 heterocycles. The Morgan fingerprint density at radius 2 is 1.82 bits per heavy atom. The van der Waals surface area contributed by atoms with Crippen LogP contribution in [0.4, 0.5) is 18.9 Å². The third-order valence-corrected chi connectivity index (χ3v) is 6.61. The van der Waals surface area contributed by atoms with Crippen molar-refractivity contribution in [3.63, 3.8) is 0 Å². The lowest BCUT2D eigenvalue weighted by atomic mass is 10.1.